The van der Waals surface area contributed by atoms with Crippen molar-refractivity contribution in [3.63, 3.8) is 0 Å². The molecule has 118 valence electrons. The lowest BCUT2D eigenvalue weighted by Gasteiger charge is -2.23. The van der Waals surface area contributed by atoms with Crippen LogP contribution in [0, 0.1) is 0 Å². The number of nitrogens with zero attached hydrogens (tertiary/aromatic N) is 1. The van der Waals surface area contributed by atoms with Gasteiger partial charge in [0.05, 0.1) is 12.0 Å². The monoisotopic (exact) mass is 333 g/mol. The Labute approximate surface area is 129 Å². The first-order valence-electron chi connectivity index (χ1n) is 6.14. The van der Waals surface area contributed by atoms with E-state index in [1.807, 2.05) is 6.26 Å². The van der Waals surface area contributed by atoms with Crippen molar-refractivity contribution in [1.29, 1.82) is 0 Å². The van der Waals surface area contributed by atoms with Crippen LogP contribution < -0.4 is 0 Å². The summed E-state index contributed by atoms with van der Waals surface area (Å²) in [4.78, 5) is 11.5. The molecule has 1 N–H and O–H groups in total. The van der Waals surface area contributed by atoms with Crippen LogP contribution >= 0.6 is 11.8 Å². The summed E-state index contributed by atoms with van der Waals surface area (Å²) in [6, 6.07) is 3.37. The lowest BCUT2D eigenvalue weighted by atomic mass is 10.2. The first-order chi connectivity index (χ1) is 9.75. The number of benzene rings is 1. The number of phenolic OH excluding ortho intramolecular Hbond substituents is 1. The van der Waals surface area contributed by atoms with Crippen molar-refractivity contribution < 1.29 is 23.1 Å². The van der Waals surface area contributed by atoms with Gasteiger partial charge in [-0.05, 0) is 31.4 Å². The predicted molar refractivity (Wildman–Crippen MR) is 82.2 cm³/mol. The maximum atomic E-state index is 12.5. The van der Waals surface area contributed by atoms with Crippen molar-refractivity contribution in [1.82, 2.24) is 4.31 Å². The maximum absolute atomic E-state index is 12.5. The third-order valence-corrected chi connectivity index (χ3v) is 5.86. The van der Waals surface area contributed by atoms with Crippen LogP contribution in [0.5, 0.6) is 5.75 Å². The van der Waals surface area contributed by atoms with E-state index >= 15 is 0 Å². The SMILES string of the molecule is COC(=O)c1cc(S(=O)(=O)N(C)C(C)CSC)ccc1O. The zero-order chi connectivity index (χ0) is 16.2. The zero-order valence-electron chi connectivity index (χ0n) is 12.4. The number of hydrogen-bond donors (Lipinski definition) is 1. The van der Waals surface area contributed by atoms with Gasteiger partial charge in [-0.1, -0.05) is 0 Å². The van der Waals surface area contributed by atoms with Crippen LogP contribution in [0.3, 0.4) is 0 Å². The average molecular weight is 333 g/mol. The van der Waals surface area contributed by atoms with Crippen molar-refractivity contribution in [2.75, 3.05) is 26.2 Å². The maximum Gasteiger partial charge on any atom is 0.341 e. The molecule has 0 aliphatic carbocycles. The number of hydrogen-bond acceptors (Lipinski definition) is 6. The fourth-order valence-corrected chi connectivity index (χ4v) is 3.89. The minimum atomic E-state index is -3.74. The highest BCUT2D eigenvalue weighted by Gasteiger charge is 2.27. The standard InChI is InChI=1S/C13H19NO5S2/c1-9(8-20-4)14(2)21(17,18)10-5-6-12(15)11(7-10)13(16)19-3/h5-7,9,15H,8H2,1-4H3. The number of rotatable bonds is 6. The second kappa shape index (κ2) is 7.15. The van der Waals surface area contributed by atoms with Crippen molar-refractivity contribution >= 4 is 27.8 Å². The first kappa shape index (κ1) is 17.8. The second-order valence-corrected chi connectivity index (χ2v) is 7.40. The van der Waals surface area contributed by atoms with E-state index in [-0.39, 0.29) is 22.3 Å². The molecule has 6 nitrogen and oxygen atoms in total. The van der Waals surface area contributed by atoms with E-state index < -0.39 is 16.0 Å². The number of ether oxygens (including phenoxy) is 1. The summed E-state index contributed by atoms with van der Waals surface area (Å²) in [6.45, 7) is 1.80. The molecule has 1 unspecified atom stereocenters. The number of methoxy groups -OCH3 is 1. The molecular weight excluding hydrogens is 314 g/mol. The van der Waals surface area contributed by atoms with Crippen molar-refractivity contribution in [2.24, 2.45) is 0 Å². The molecule has 0 aliphatic rings. The van der Waals surface area contributed by atoms with Crippen LogP contribution in [0.4, 0.5) is 0 Å². The fraction of sp³-hybridized carbons (Fsp3) is 0.462. The number of sulfonamides is 1. The third-order valence-electron chi connectivity index (χ3n) is 3.08. The summed E-state index contributed by atoms with van der Waals surface area (Å²) >= 11 is 1.54. The lowest BCUT2D eigenvalue weighted by Crippen LogP contribution is -2.36. The Hall–Kier alpha value is -1.25. The Kier molecular flexibility index (Phi) is 6.06. The smallest absolute Gasteiger partial charge is 0.341 e. The largest absolute Gasteiger partial charge is 0.507 e. The van der Waals surface area contributed by atoms with Gasteiger partial charge in [-0.15, -0.1) is 0 Å². The van der Waals surface area contributed by atoms with Gasteiger partial charge in [0.15, 0.2) is 0 Å². The summed E-state index contributed by atoms with van der Waals surface area (Å²) in [6.07, 6.45) is 1.90. The Morgan fingerprint density at radius 3 is 2.62 bits per heavy atom. The van der Waals surface area contributed by atoms with Gasteiger partial charge < -0.3 is 9.84 Å². The summed E-state index contributed by atoms with van der Waals surface area (Å²) in [5.74, 6) is -0.456. The van der Waals surface area contributed by atoms with Gasteiger partial charge in [0.1, 0.15) is 11.3 Å². The Morgan fingerprint density at radius 2 is 2.10 bits per heavy atom. The molecule has 0 aliphatic heterocycles. The minimum Gasteiger partial charge on any atom is -0.507 e. The van der Waals surface area contributed by atoms with Crippen LogP contribution in [-0.4, -0.2) is 56.0 Å². The topological polar surface area (TPSA) is 83.9 Å². The molecule has 0 amide bonds. The van der Waals surface area contributed by atoms with Gasteiger partial charge in [-0.3, -0.25) is 0 Å². The molecule has 0 aromatic heterocycles. The van der Waals surface area contributed by atoms with Crippen LogP contribution in [0.1, 0.15) is 17.3 Å². The van der Waals surface area contributed by atoms with Crippen LogP contribution in [0.15, 0.2) is 23.1 Å². The van der Waals surface area contributed by atoms with E-state index in [1.165, 1.54) is 23.5 Å². The number of thioether (sulfide) groups is 1. The van der Waals surface area contributed by atoms with Gasteiger partial charge in [0.2, 0.25) is 10.0 Å². The van der Waals surface area contributed by atoms with Gasteiger partial charge >= 0.3 is 5.97 Å². The number of aromatic hydroxyl groups is 1. The highest BCUT2D eigenvalue weighted by atomic mass is 32.2. The molecular formula is C13H19NO5S2. The molecule has 21 heavy (non-hydrogen) atoms. The van der Waals surface area contributed by atoms with Gasteiger partial charge in [0, 0.05) is 18.8 Å². The molecule has 1 aromatic carbocycles. The van der Waals surface area contributed by atoms with E-state index in [4.69, 9.17) is 0 Å². The number of esters is 1. The molecule has 0 bridgehead atoms. The van der Waals surface area contributed by atoms with E-state index in [1.54, 1.807) is 18.7 Å². The summed E-state index contributed by atoms with van der Waals surface area (Å²) in [5.41, 5.74) is -0.176. The Balaban J connectivity index is 3.23. The lowest BCUT2D eigenvalue weighted by molar-refractivity contribution is 0.0597. The van der Waals surface area contributed by atoms with Crippen LogP contribution in [0.2, 0.25) is 0 Å². The van der Waals surface area contributed by atoms with E-state index in [9.17, 15) is 18.3 Å². The van der Waals surface area contributed by atoms with Gasteiger partial charge in [-0.2, -0.15) is 16.1 Å². The first-order valence-corrected chi connectivity index (χ1v) is 8.97. The molecule has 0 saturated heterocycles. The van der Waals surface area contributed by atoms with Crippen molar-refractivity contribution in [3.8, 4) is 5.75 Å². The highest BCUT2D eigenvalue weighted by Crippen LogP contribution is 2.25. The summed E-state index contributed by atoms with van der Waals surface area (Å²) < 4.78 is 30.8. The van der Waals surface area contributed by atoms with E-state index in [2.05, 4.69) is 4.74 Å². The molecule has 0 spiro atoms. The summed E-state index contributed by atoms with van der Waals surface area (Å²) in [7, 11) is -1.09. The molecule has 1 atom stereocenters. The third kappa shape index (κ3) is 3.90. The summed E-state index contributed by atoms with van der Waals surface area (Å²) in [5, 5.41) is 9.62. The normalized spacial score (nSPS) is 13.2. The molecule has 1 rings (SSSR count). The Bertz CT molecular complexity index is 615. The van der Waals surface area contributed by atoms with E-state index in [0.717, 1.165) is 13.2 Å². The quantitative estimate of drug-likeness (QED) is 0.795. The molecule has 1 aromatic rings. The second-order valence-electron chi connectivity index (χ2n) is 4.50. The molecule has 0 heterocycles. The van der Waals surface area contributed by atoms with Crippen LogP contribution in [-0.2, 0) is 14.8 Å². The van der Waals surface area contributed by atoms with Crippen molar-refractivity contribution in [2.45, 2.75) is 17.9 Å². The predicted octanol–water partition coefficient (Wildman–Crippen LogP) is 1.55. The van der Waals surface area contributed by atoms with Gasteiger partial charge in [0.25, 0.3) is 0 Å². The Morgan fingerprint density at radius 1 is 1.48 bits per heavy atom. The highest BCUT2D eigenvalue weighted by molar-refractivity contribution is 7.98. The van der Waals surface area contributed by atoms with Gasteiger partial charge in [-0.25, -0.2) is 13.2 Å². The molecule has 8 heteroatoms. The number of phenols is 1. The zero-order valence-corrected chi connectivity index (χ0v) is 14.0. The number of carbonyl (C=O) groups excluding carboxylic acids is 1. The molecule has 0 radical (unpaired) electrons. The van der Waals surface area contributed by atoms with E-state index in [0.29, 0.717) is 5.75 Å². The molecule has 0 fully saturated rings. The number of carbonyl (C=O) groups is 1. The van der Waals surface area contributed by atoms with Crippen LogP contribution in [0.25, 0.3) is 0 Å². The minimum absolute atomic E-state index is 0.0591. The molecule has 0 saturated carbocycles. The van der Waals surface area contributed by atoms with Crippen molar-refractivity contribution in [3.05, 3.63) is 23.8 Å². The average Bonchev–Trinajstić information content (AvgIpc) is 2.46. The fourth-order valence-electron chi connectivity index (χ4n) is 1.70.